The maximum absolute atomic E-state index is 5.58. The molecule has 0 aromatic heterocycles. The highest BCUT2D eigenvalue weighted by atomic mass is 28.2. The van der Waals surface area contributed by atoms with Crippen molar-refractivity contribution in [1.82, 2.24) is 0 Å². The van der Waals surface area contributed by atoms with Crippen LogP contribution in [0.1, 0.15) is 41.0 Å². The number of hydrogen-bond donors (Lipinski definition) is 0. The van der Waals surface area contributed by atoms with Crippen molar-refractivity contribution in [1.29, 1.82) is 0 Å². The molecule has 0 saturated carbocycles. The van der Waals surface area contributed by atoms with Gasteiger partial charge in [0.15, 0.2) is 0 Å². The Morgan fingerprint density at radius 2 is 1.64 bits per heavy atom. The topological polar surface area (TPSA) is 18.5 Å². The molecule has 0 rings (SSSR count). The minimum Gasteiger partial charge on any atom is -0.463 e. The number of ether oxygens (including phenoxy) is 2. The van der Waals surface area contributed by atoms with Crippen LogP contribution in [-0.2, 0) is 9.47 Å². The minimum atomic E-state index is -0.134. The lowest BCUT2D eigenvalue weighted by Gasteiger charge is -2.17. The van der Waals surface area contributed by atoms with Gasteiger partial charge in [-0.05, 0) is 33.4 Å². The van der Waals surface area contributed by atoms with E-state index in [9.17, 15) is 0 Å². The van der Waals surface area contributed by atoms with Crippen LogP contribution in [0.5, 0.6) is 0 Å². The Bertz CT molecular complexity index is 153. The molecule has 0 fully saturated rings. The van der Waals surface area contributed by atoms with Gasteiger partial charge in [0.25, 0.3) is 5.95 Å². The van der Waals surface area contributed by atoms with Crippen molar-refractivity contribution in [2.45, 2.75) is 59.3 Å². The standard InChI is InChI=1S/C11H24O2Si/c1-6-7-14-8-11(12-9(2)3)13-10(4)5/h8-10H,6-7,14H2,1-5H3. The highest BCUT2D eigenvalue weighted by molar-refractivity contribution is 6.42. The van der Waals surface area contributed by atoms with E-state index < -0.39 is 0 Å². The Kier molecular flexibility index (Phi) is 7.66. The van der Waals surface area contributed by atoms with Crippen LogP contribution in [0.15, 0.2) is 11.6 Å². The normalized spacial score (nSPS) is 11.4. The molecule has 0 aromatic rings. The summed E-state index contributed by atoms with van der Waals surface area (Å²) in [4.78, 5) is 0. The molecule has 0 atom stereocenters. The molecule has 0 aliphatic carbocycles. The second-order valence-electron chi connectivity index (χ2n) is 4.00. The van der Waals surface area contributed by atoms with E-state index in [1.807, 2.05) is 27.7 Å². The van der Waals surface area contributed by atoms with Crippen LogP contribution in [-0.4, -0.2) is 21.7 Å². The molecule has 0 unspecified atom stereocenters. The zero-order chi connectivity index (χ0) is 11.0. The van der Waals surface area contributed by atoms with Gasteiger partial charge < -0.3 is 9.47 Å². The van der Waals surface area contributed by atoms with Crippen molar-refractivity contribution in [2.75, 3.05) is 0 Å². The highest BCUT2D eigenvalue weighted by Gasteiger charge is 2.04. The Hall–Kier alpha value is -0.443. The van der Waals surface area contributed by atoms with Crippen LogP contribution >= 0.6 is 0 Å². The lowest BCUT2D eigenvalue weighted by molar-refractivity contribution is -0.0165. The Morgan fingerprint density at radius 1 is 1.14 bits per heavy atom. The monoisotopic (exact) mass is 216 g/mol. The van der Waals surface area contributed by atoms with Gasteiger partial charge in [-0.1, -0.05) is 19.4 Å². The second-order valence-corrected chi connectivity index (χ2v) is 5.69. The van der Waals surface area contributed by atoms with Crippen molar-refractivity contribution in [2.24, 2.45) is 0 Å². The van der Waals surface area contributed by atoms with Crippen LogP contribution in [0, 0.1) is 0 Å². The molecule has 0 aliphatic rings. The average molecular weight is 216 g/mol. The molecule has 0 amide bonds. The van der Waals surface area contributed by atoms with Crippen LogP contribution in [0.2, 0.25) is 6.04 Å². The summed E-state index contributed by atoms with van der Waals surface area (Å²) in [6.45, 7) is 10.3. The molecule has 0 bridgehead atoms. The molecular formula is C11H24O2Si. The molecule has 14 heavy (non-hydrogen) atoms. The quantitative estimate of drug-likeness (QED) is 0.370. The maximum atomic E-state index is 5.58. The molecule has 0 radical (unpaired) electrons. The molecule has 0 saturated heterocycles. The van der Waals surface area contributed by atoms with Crippen LogP contribution in [0.4, 0.5) is 0 Å². The first-order valence-electron chi connectivity index (χ1n) is 5.59. The Balaban J connectivity index is 4.01. The van der Waals surface area contributed by atoms with Gasteiger partial charge in [0.2, 0.25) is 0 Å². The summed E-state index contributed by atoms with van der Waals surface area (Å²) in [6.07, 6.45) is 1.67. The van der Waals surface area contributed by atoms with Gasteiger partial charge in [0, 0.05) is 0 Å². The first-order chi connectivity index (χ1) is 6.56. The molecule has 0 spiro atoms. The van der Waals surface area contributed by atoms with Gasteiger partial charge in [0.1, 0.15) is 0 Å². The minimum absolute atomic E-state index is 0.134. The van der Waals surface area contributed by atoms with E-state index in [1.165, 1.54) is 12.5 Å². The first kappa shape index (κ1) is 13.6. The van der Waals surface area contributed by atoms with E-state index in [0.29, 0.717) is 0 Å². The smallest absolute Gasteiger partial charge is 0.270 e. The predicted octanol–water partition coefficient (Wildman–Crippen LogP) is 2.63. The molecule has 0 heterocycles. The maximum Gasteiger partial charge on any atom is 0.270 e. The van der Waals surface area contributed by atoms with E-state index in [-0.39, 0.29) is 21.7 Å². The van der Waals surface area contributed by atoms with Crippen molar-refractivity contribution in [3.05, 3.63) is 11.6 Å². The van der Waals surface area contributed by atoms with Gasteiger partial charge in [-0.15, -0.1) is 0 Å². The van der Waals surface area contributed by atoms with E-state index in [4.69, 9.17) is 9.47 Å². The predicted molar refractivity (Wildman–Crippen MR) is 64.2 cm³/mol. The summed E-state index contributed by atoms with van der Waals surface area (Å²) in [5, 5.41) is 0. The zero-order valence-corrected chi connectivity index (χ0v) is 11.6. The number of hydrogen-bond acceptors (Lipinski definition) is 2. The Labute approximate surface area is 90.5 Å². The summed E-state index contributed by atoms with van der Waals surface area (Å²) in [5.74, 6) is 0.745. The molecule has 0 aliphatic heterocycles. The van der Waals surface area contributed by atoms with E-state index in [2.05, 4.69) is 12.6 Å². The summed E-state index contributed by atoms with van der Waals surface area (Å²) < 4.78 is 11.2. The van der Waals surface area contributed by atoms with Crippen molar-refractivity contribution in [3.8, 4) is 0 Å². The molecule has 84 valence electrons. The van der Waals surface area contributed by atoms with E-state index >= 15 is 0 Å². The van der Waals surface area contributed by atoms with E-state index in [1.54, 1.807) is 0 Å². The third-order valence-corrected chi connectivity index (χ3v) is 3.31. The van der Waals surface area contributed by atoms with Gasteiger partial charge in [-0.2, -0.15) is 0 Å². The lowest BCUT2D eigenvalue weighted by Crippen LogP contribution is -2.11. The Morgan fingerprint density at radius 3 is 2.00 bits per heavy atom. The van der Waals surface area contributed by atoms with Crippen LogP contribution < -0.4 is 0 Å². The second kappa shape index (κ2) is 7.91. The SMILES string of the molecule is CCC[SiH2]C=C(OC(C)C)OC(C)C. The number of rotatable bonds is 7. The van der Waals surface area contributed by atoms with Gasteiger partial charge in [-0.3, -0.25) is 0 Å². The van der Waals surface area contributed by atoms with Crippen molar-refractivity contribution >= 4 is 9.52 Å². The van der Waals surface area contributed by atoms with Gasteiger partial charge in [0.05, 0.1) is 21.7 Å². The zero-order valence-electron chi connectivity index (χ0n) is 10.2. The van der Waals surface area contributed by atoms with Crippen LogP contribution in [0.25, 0.3) is 0 Å². The average Bonchev–Trinajstić information content (AvgIpc) is 2.02. The van der Waals surface area contributed by atoms with E-state index in [0.717, 1.165) is 5.95 Å². The fraction of sp³-hybridized carbons (Fsp3) is 0.818. The van der Waals surface area contributed by atoms with Crippen LogP contribution in [0.3, 0.4) is 0 Å². The van der Waals surface area contributed by atoms with Gasteiger partial charge >= 0.3 is 0 Å². The summed E-state index contributed by atoms with van der Waals surface area (Å²) in [6, 6.07) is 1.33. The molecular weight excluding hydrogens is 192 g/mol. The van der Waals surface area contributed by atoms with Crippen molar-refractivity contribution in [3.63, 3.8) is 0 Å². The third-order valence-electron chi connectivity index (χ3n) is 1.57. The fourth-order valence-corrected chi connectivity index (χ4v) is 2.05. The van der Waals surface area contributed by atoms with Gasteiger partial charge in [-0.25, -0.2) is 0 Å². The third kappa shape index (κ3) is 8.17. The fourth-order valence-electron chi connectivity index (χ4n) is 1.01. The summed E-state index contributed by atoms with van der Waals surface area (Å²) in [7, 11) is -0.134. The summed E-state index contributed by atoms with van der Waals surface area (Å²) >= 11 is 0. The van der Waals surface area contributed by atoms with Crippen molar-refractivity contribution < 1.29 is 9.47 Å². The highest BCUT2D eigenvalue weighted by Crippen LogP contribution is 2.07. The lowest BCUT2D eigenvalue weighted by atomic mass is 10.5. The molecule has 2 nitrogen and oxygen atoms in total. The molecule has 3 heteroatoms. The molecule has 0 aromatic carbocycles. The molecule has 0 N–H and O–H groups in total. The first-order valence-corrected chi connectivity index (χ1v) is 7.41. The summed E-state index contributed by atoms with van der Waals surface area (Å²) in [5.41, 5.74) is 2.18. The largest absolute Gasteiger partial charge is 0.463 e.